The van der Waals surface area contributed by atoms with Crippen LogP contribution in [0.3, 0.4) is 0 Å². The Labute approximate surface area is 143 Å². The molecule has 0 aliphatic rings. The summed E-state index contributed by atoms with van der Waals surface area (Å²) in [5.41, 5.74) is 3.23. The first-order chi connectivity index (χ1) is 11.0. The lowest BCUT2D eigenvalue weighted by molar-refractivity contribution is 0.0955. The minimum Gasteiger partial charge on any atom is -0.504 e. The topological polar surface area (TPSA) is 70.9 Å². The Morgan fingerprint density at radius 1 is 1.30 bits per heavy atom. The molecule has 0 fully saturated rings. The smallest absolute Gasteiger partial charge is 0.272 e. The summed E-state index contributed by atoms with van der Waals surface area (Å²) >= 11 is 11.7. The van der Waals surface area contributed by atoms with Crippen LogP contribution in [0.15, 0.2) is 41.5 Å². The number of carbonyl (C=O) groups excluding carboxylic acids is 1. The van der Waals surface area contributed by atoms with Gasteiger partial charge in [0.2, 0.25) is 0 Å². The molecule has 2 aromatic carbocycles. The second-order valence-corrected chi connectivity index (χ2v) is 5.33. The van der Waals surface area contributed by atoms with Crippen LogP contribution in [-0.4, -0.2) is 23.8 Å². The fraction of sp³-hybridized carbons (Fsp3) is 0.125. The van der Waals surface area contributed by atoms with Gasteiger partial charge >= 0.3 is 0 Å². The Morgan fingerprint density at radius 2 is 2.09 bits per heavy atom. The van der Waals surface area contributed by atoms with E-state index in [2.05, 4.69) is 10.5 Å². The van der Waals surface area contributed by atoms with E-state index in [1.54, 1.807) is 18.2 Å². The number of hydrazone groups is 1. The molecule has 2 aromatic rings. The number of phenolic OH excluding ortho intramolecular Hbond substituents is 1. The van der Waals surface area contributed by atoms with Crippen molar-refractivity contribution >= 4 is 35.3 Å². The maximum Gasteiger partial charge on any atom is 0.272 e. The molecule has 1 amide bonds. The van der Waals surface area contributed by atoms with Crippen LogP contribution in [0.5, 0.6) is 11.5 Å². The van der Waals surface area contributed by atoms with Crippen molar-refractivity contribution < 1.29 is 14.6 Å². The molecule has 0 saturated heterocycles. The highest BCUT2D eigenvalue weighted by Gasteiger charge is 2.09. The fourth-order valence-electron chi connectivity index (χ4n) is 1.79. The predicted molar refractivity (Wildman–Crippen MR) is 90.8 cm³/mol. The molecule has 7 heteroatoms. The summed E-state index contributed by atoms with van der Waals surface area (Å²) in [4.78, 5) is 12.0. The number of halogens is 2. The molecule has 0 radical (unpaired) electrons. The third-order valence-electron chi connectivity index (χ3n) is 2.84. The van der Waals surface area contributed by atoms with Crippen molar-refractivity contribution in [2.24, 2.45) is 5.10 Å². The van der Waals surface area contributed by atoms with Gasteiger partial charge in [0.15, 0.2) is 11.5 Å². The zero-order valence-electron chi connectivity index (χ0n) is 12.2. The molecule has 0 aliphatic carbocycles. The van der Waals surface area contributed by atoms with Gasteiger partial charge in [-0.3, -0.25) is 4.79 Å². The molecule has 0 unspecified atom stereocenters. The molecular formula is C16H14Cl2N2O3. The minimum atomic E-state index is -0.460. The van der Waals surface area contributed by atoms with Gasteiger partial charge in [-0.15, -0.1) is 0 Å². The third kappa shape index (κ3) is 4.61. The second kappa shape index (κ2) is 7.85. The Balaban J connectivity index is 2.03. The van der Waals surface area contributed by atoms with Crippen LogP contribution >= 0.6 is 23.2 Å². The lowest BCUT2D eigenvalue weighted by Gasteiger charge is -2.06. The van der Waals surface area contributed by atoms with Gasteiger partial charge in [-0.1, -0.05) is 23.2 Å². The summed E-state index contributed by atoms with van der Waals surface area (Å²) in [7, 11) is 0. The SMILES string of the molecule is CCOc1ccc(C=NNC(=O)c2ccc(Cl)cc2Cl)cc1O. The normalized spacial score (nSPS) is 10.7. The third-order valence-corrected chi connectivity index (χ3v) is 3.39. The molecule has 5 nitrogen and oxygen atoms in total. The Morgan fingerprint density at radius 3 is 2.74 bits per heavy atom. The van der Waals surface area contributed by atoms with Crippen LogP contribution in [0.2, 0.25) is 10.0 Å². The molecule has 0 atom stereocenters. The predicted octanol–water partition coefficient (Wildman–Crippen LogP) is 3.86. The molecule has 0 aromatic heterocycles. The molecule has 23 heavy (non-hydrogen) atoms. The van der Waals surface area contributed by atoms with Crippen LogP contribution < -0.4 is 10.2 Å². The quantitative estimate of drug-likeness (QED) is 0.633. The standard InChI is InChI=1S/C16H14Cl2N2O3/c1-2-23-15-6-3-10(7-14(15)21)9-19-20-16(22)12-5-4-11(17)8-13(12)18/h3-9,21H,2H2,1H3,(H,20,22). The number of ether oxygens (including phenoxy) is 1. The maximum atomic E-state index is 12.0. The van der Waals surface area contributed by atoms with Crippen molar-refractivity contribution in [2.75, 3.05) is 6.61 Å². The van der Waals surface area contributed by atoms with Crippen molar-refractivity contribution in [1.29, 1.82) is 0 Å². The molecule has 0 saturated carbocycles. The number of hydrogen-bond donors (Lipinski definition) is 2. The summed E-state index contributed by atoms with van der Waals surface area (Å²) in [5.74, 6) is -0.0671. The highest BCUT2D eigenvalue weighted by atomic mass is 35.5. The number of carbonyl (C=O) groups is 1. The lowest BCUT2D eigenvalue weighted by Crippen LogP contribution is -2.18. The van der Waals surface area contributed by atoms with E-state index in [-0.39, 0.29) is 16.3 Å². The van der Waals surface area contributed by atoms with Crippen LogP contribution in [0.1, 0.15) is 22.8 Å². The minimum absolute atomic E-state index is 0.00266. The first-order valence-corrected chi connectivity index (χ1v) is 7.51. The van der Waals surface area contributed by atoms with Crippen LogP contribution in [0, 0.1) is 0 Å². The largest absolute Gasteiger partial charge is 0.504 e. The van der Waals surface area contributed by atoms with Gasteiger partial charge in [0.25, 0.3) is 5.91 Å². The van der Waals surface area contributed by atoms with Gasteiger partial charge in [0.05, 0.1) is 23.4 Å². The van der Waals surface area contributed by atoms with E-state index in [9.17, 15) is 9.90 Å². The number of amides is 1. The van der Waals surface area contributed by atoms with Gasteiger partial charge in [-0.05, 0) is 48.9 Å². The number of benzene rings is 2. The molecule has 0 spiro atoms. The van der Waals surface area contributed by atoms with E-state index in [0.29, 0.717) is 22.9 Å². The molecular weight excluding hydrogens is 339 g/mol. The Bertz CT molecular complexity index is 748. The first-order valence-electron chi connectivity index (χ1n) is 6.75. The zero-order valence-corrected chi connectivity index (χ0v) is 13.7. The Kier molecular flexibility index (Phi) is 5.84. The molecule has 0 aliphatic heterocycles. The van der Waals surface area contributed by atoms with E-state index < -0.39 is 5.91 Å². The lowest BCUT2D eigenvalue weighted by atomic mass is 10.2. The van der Waals surface area contributed by atoms with Crippen molar-refractivity contribution in [2.45, 2.75) is 6.92 Å². The summed E-state index contributed by atoms with van der Waals surface area (Å²) in [6.45, 7) is 2.28. The maximum absolute atomic E-state index is 12.0. The van der Waals surface area contributed by atoms with E-state index in [0.717, 1.165) is 0 Å². The fourth-order valence-corrected chi connectivity index (χ4v) is 2.29. The first kappa shape index (κ1) is 17.1. The highest BCUT2D eigenvalue weighted by molar-refractivity contribution is 6.36. The second-order valence-electron chi connectivity index (χ2n) is 4.48. The summed E-state index contributed by atoms with van der Waals surface area (Å²) in [6, 6.07) is 9.37. The highest BCUT2D eigenvalue weighted by Crippen LogP contribution is 2.26. The number of nitrogens with one attached hydrogen (secondary N) is 1. The summed E-state index contributed by atoms with van der Waals surface area (Å²) in [6.07, 6.45) is 1.40. The zero-order chi connectivity index (χ0) is 16.8. The molecule has 2 N–H and O–H groups in total. The van der Waals surface area contributed by atoms with Crippen molar-refractivity contribution in [3.8, 4) is 11.5 Å². The summed E-state index contributed by atoms with van der Waals surface area (Å²) < 4.78 is 5.23. The van der Waals surface area contributed by atoms with E-state index >= 15 is 0 Å². The van der Waals surface area contributed by atoms with Crippen LogP contribution in [0.25, 0.3) is 0 Å². The number of nitrogens with zero attached hydrogens (tertiary/aromatic N) is 1. The summed E-state index contributed by atoms with van der Waals surface area (Å²) in [5, 5.41) is 14.3. The number of phenols is 1. The van der Waals surface area contributed by atoms with E-state index in [1.807, 2.05) is 6.92 Å². The number of hydrogen-bond acceptors (Lipinski definition) is 4. The molecule has 0 heterocycles. The molecule has 0 bridgehead atoms. The van der Waals surface area contributed by atoms with Gasteiger partial charge in [-0.2, -0.15) is 5.10 Å². The number of rotatable bonds is 5. The van der Waals surface area contributed by atoms with Gasteiger partial charge in [0, 0.05) is 5.02 Å². The molecule has 2 rings (SSSR count). The number of aromatic hydroxyl groups is 1. The van der Waals surface area contributed by atoms with E-state index in [1.165, 1.54) is 24.4 Å². The Hall–Kier alpha value is -2.24. The van der Waals surface area contributed by atoms with Crippen LogP contribution in [0.4, 0.5) is 0 Å². The van der Waals surface area contributed by atoms with Gasteiger partial charge in [0.1, 0.15) is 0 Å². The van der Waals surface area contributed by atoms with E-state index in [4.69, 9.17) is 27.9 Å². The average molecular weight is 353 g/mol. The van der Waals surface area contributed by atoms with Crippen molar-refractivity contribution in [3.05, 3.63) is 57.6 Å². The molecule has 120 valence electrons. The average Bonchev–Trinajstić information content (AvgIpc) is 2.50. The van der Waals surface area contributed by atoms with Crippen molar-refractivity contribution in [3.63, 3.8) is 0 Å². The van der Waals surface area contributed by atoms with Gasteiger partial charge < -0.3 is 9.84 Å². The van der Waals surface area contributed by atoms with Crippen molar-refractivity contribution in [1.82, 2.24) is 5.43 Å². The monoisotopic (exact) mass is 352 g/mol. The van der Waals surface area contributed by atoms with Crippen LogP contribution in [-0.2, 0) is 0 Å². The van der Waals surface area contributed by atoms with Gasteiger partial charge in [-0.25, -0.2) is 5.43 Å².